The molecule has 9 aromatic carbocycles. The van der Waals surface area contributed by atoms with E-state index in [9.17, 15) is 0 Å². The molecule has 0 N–H and O–H groups in total. The summed E-state index contributed by atoms with van der Waals surface area (Å²) in [5.74, 6) is 0. The van der Waals surface area contributed by atoms with Crippen LogP contribution in [0.3, 0.4) is 0 Å². The maximum absolute atomic E-state index is 6.83. The second-order valence-corrected chi connectivity index (χ2v) is 15.2. The molecule has 0 saturated heterocycles. The Morgan fingerprint density at radius 1 is 0.362 bits per heavy atom. The third-order valence-electron chi connectivity index (χ3n) is 12.1. The van der Waals surface area contributed by atoms with Gasteiger partial charge in [0.1, 0.15) is 16.7 Å². The molecular weight excluding hydrogens is 707 g/mol. The largest absolute Gasteiger partial charge is 0.456 e. The number of nitrogens with zero attached hydrogens (tertiary/aromatic N) is 1. The highest BCUT2D eigenvalue weighted by Crippen LogP contribution is 2.57. The molecular formula is C55H35NO2. The number of hydrogen-bond donors (Lipinski definition) is 0. The summed E-state index contributed by atoms with van der Waals surface area (Å²) in [5.41, 5.74) is 15.9. The van der Waals surface area contributed by atoms with Crippen LogP contribution in [0.15, 0.2) is 221 Å². The van der Waals surface area contributed by atoms with Crippen LogP contribution in [0.25, 0.3) is 66.1 Å². The first-order chi connectivity index (χ1) is 28.8. The smallest absolute Gasteiger partial charge is 0.159 e. The molecule has 2 aromatic heterocycles. The number of para-hydroxylation sites is 3. The van der Waals surface area contributed by atoms with Gasteiger partial charge in [0.05, 0.1) is 11.1 Å². The molecule has 272 valence electrons. The molecule has 0 radical (unpaired) electrons. The van der Waals surface area contributed by atoms with E-state index in [1.807, 2.05) is 12.1 Å². The van der Waals surface area contributed by atoms with Gasteiger partial charge < -0.3 is 13.7 Å². The molecule has 1 aliphatic carbocycles. The Morgan fingerprint density at radius 3 is 1.74 bits per heavy atom. The van der Waals surface area contributed by atoms with Crippen molar-refractivity contribution in [2.45, 2.75) is 5.41 Å². The van der Waals surface area contributed by atoms with Gasteiger partial charge in [0.15, 0.2) is 5.58 Å². The summed E-state index contributed by atoms with van der Waals surface area (Å²) < 4.78 is 13.4. The number of fused-ring (bicyclic) bond motifs is 9. The average molecular weight is 742 g/mol. The van der Waals surface area contributed by atoms with Crippen molar-refractivity contribution in [3.63, 3.8) is 0 Å². The second kappa shape index (κ2) is 12.7. The van der Waals surface area contributed by atoms with Gasteiger partial charge in [-0.15, -0.1) is 0 Å². The van der Waals surface area contributed by atoms with E-state index in [1.54, 1.807) is 0 Å². The Labute approximate surface area is 335 Å². The minimum atomic E-state index is -0.488. The summed E-state index contributed by atoms with van der Waals surface area (Å²) in [4.78, 5) is 2.29. The van der Waals surface area contributed by atoms with Crippen LogP contribution in [0.1, 0.15) is 22.3 Å². The lowest BCUT2D eigenvalue weighted by Crippen LogP contribution is -2.28. The summed E-state index contributed by atoms with van der Waals surface area (Å²) in [6, 6.07) is 75.9. The Bertz CT molecular complexity index is 3290. The summed E-state index contributed by atoms with van der Waals surface area (Å²) in [5, 5.41) is 4.45. The molecule has 0 fully saturated rings. The van der Waals surface area contributed by atoms with Crippen LogP contribution in [0.2, 0.25) is 0 Å². The number of anilines is 3. The van der Waals surface area contributed by atoms with Crippen LogP contribution in [0, 0.1) is 0 Å². The lowest BCUT2D eigenvalue weighted by Gasteiger charge is -2.33. The molecule has 3 heteroatoms. The summed E-state index contributed by atoms with van der Waals surface area (Å²) in [6.07, 6.45) is 0. The standard InChI is InChI=1S/C55H35NO2/c1-4-16-37(17-5-1)55(38-18-6-2-7-19-38)47-26-12-10-22-42(47)45-34-46-52(35-48(45)55)57-51-29-15-24-41(53(46)51)36-30-32-40(33-31-36)56(39-20-8-3-9-21-39)49-27-14-25-44-43-23-11-13-28-50(43)58-54(44)49/h1-35H. The van der Waals surface area contributed by atoms with Crippen LogP contribution < -0.4 is 4.90 Å². The zero-order chi connectivity index (χ0) is 38.2. The van der Waals surface area contributed by atoms with Crippen molar-refractivity contribution in [1.82, 2.24) is 0 Å². The SMILES string of the molecule is c1ccc(N(c2ccc(-c3cccc4oc5cc6c(cc5c34)-c3ccccc3C6(c3ccccc3)c3ccccc3)cc2)c2cccc3c2oc2ccccc23)cc1. The number of furan rings is 2. The van der Waals surface area contributed by atoms with Gasteiger partial charge in [-0.1, -0.05) is 158 Å². The highest BCUT2D eigenvalue weighted by atomic mass is 16.3. The zero-order valence-corrected chi connectivity index (χ0v) is 31.5. The molecule has 11 aromatic rings. The highest BCUT2D eigenvalue weighted by Gasteiger charge is 2.46. The fourth-order valence-corrected chi connectivity index (χ4v) is 9.70. The molecule has 0 atom stereocenters. The molecule has 0 saturated carbocycles. The maximum Gasteiger partial charge on any atom is 0.159 e. The lowest BCUT2D eigenvalue weighted by atomic mass is 9.67. The first-order valence-corrected chi connectivity index (χ1v) is 19.8. The number of benzene rings is 9. The average Bonchev–Trinajstić information content (AvgIpc) is 3.95. The molecule has 1 aliphatic rings. The van der Waals surface area contributed by atoms with E-state index in [1.165, 1.54) is 33.4 Å². The van der Waals surface area contributed by atoms with Crippen LogP contribution >= 0.6 is 0 Å². The molecule has 0 bridgehead atoms. The van der Waals surface area contributed by atoms with Crippen LogP contribution in [0.4, 0.5) is 17.1 Å². The Hall–Kier alpha value is -7.62. The minimum absolute atomic E-state index is 0.488. The molecule has 3 nitrogen and oxygen atoms in total. The maximum atomic E-state index is 6.83. The van der Waals surface area contributed by atoms with Crippen molar-refractivity contribution in [1.29, 1.82) is 0 Å². The van der Waals surface area contributed by atoms with E-state index >= 15 is 0 Å². The molecule has 12 rings (SSSR count). The number of rotatable bonds is 6. The highest BCUT2D eigenvalue weighted by molar-refractivity contribution is 6.15. The predicted octanol–water partition coefficient (Wildman–Crippen LogP) is 15.0. The molecule has 0 spiro atoms. The van der Waals surface area contributed by atoms with E-state index in [0.717, 1.165) is 72.1 Å². The van der Waals surface area contributed by atoms with Crippen molar-refractivity contribution >= 4 is 60.9 Å². The predicted molar refractivity (Wildman–Crippen MR) is 238 cm³/mol. The monoisotopic (exact) mass is 741 g/mol. The van der Waals surface area contributed by atoms with Gasteiger partial charge in [0.25, 0.3) is 0 Å². The topological polar surface area (TPSA) is 29.5 Å². The molecule has 0 amide bonds. The lowest BCUT2D eigenvalue weighted by molar-refractivity contribution is 0.666. The third kappa shape index (κ3) is 4.68. The van der Waals surface area contributed by atoms with Gasteiger partial charge in [0, 0.05) is 32.9 Å². The summed E-state index contributed by atoms with van der Waals surface area (Å²) in [7, 11) is 0. The molecule has 0 unspecified atom stereocenters. The molecule has 0 aliphatic heterocycles. The van der Waals surface area contributed by atoms with Crippen molar-refractivity contribution < 1.29 is 8.83 Å². The Kier molecular flexibility index (Phi) is 7.14. The normalized spacial score (nSPS) is 13.0. The fourth-order valence-electron chi connectivity index (χ4n) is 9.70. The van der Waals surface area contributed by atoms with Crippen molar-refractivity contribution in [3.8, 4) is 22.3 Å². The van der Waals surface area contributed by atoms with Gasteiger partial charge in [-0.2, -0.15) is 0 Å². The van der Waals surface area contributed by atoms with Gasteiger partial charge in [0.2, 0.25) is 0 Å². The van der Waals surface area contributed by atoms with Gasteiger partial charge in [-0.05, 0) is 99.1 Å². The van der Waals surface area contributed by atoms with E-state index in [4.69, 9.17) is 8.83 Å². The third-order valence-corrected chi connectivity index (χ3v) is 12.1. The quantitative estimate of drug-likeness (QED) is 0.170. The van der Waals surface area contributed by atoms with Crippen molar-refractivity contribution in [3.05, 3.63) is 235 Å². The Morgan fingerprint density at radius 2 is 0.966 bits per heavy atom. The van der Waals surface area contributed by atoms with Gasteiger partial charge >= 0.3 is 0 Å². The Balaban J connectivity index is 1.03. The molecule has 2 heterocycles. The summed E-state index contributed by atoms with van der Waals surface area (Å²) >= 11 is 0. The molecule has 58 heavy (non-hydrogen) atoms. The fraction of sp³-hybridized carbons (Fsp3) is 0.0182. The first-order valence-electron chi connectivity index (χ1n) is 19.8. The minimum Gasteiger partial charge on any atom is -0.456 e. The van der Waals surface area contributed by atoms with Gasteiger partial charge in [-0.25, -0.2) is 0 Å². The van der Waals surface area contributed by atoms with E-state index in [2.05, 4.69) is 205 Å². The second-order valence-electron chi connectivity index (χ2n) is 15.2. The van der Waals surface area contributed by atoms with E-state index in [-0.39, 0.29) is 0 Å². The van der Waals surface area contributed by atoms with E-state index in [0.29, 0.717) is 0 Å². The zero-order valence-electron chi connectivity index (χ0n) is 31.5. The number of hydrogen-bond acceptors (Lipinski definition) is 3. The van der Waals surface area contributed by atoms with Crippen molar-refractivity contribution in [2.75, 3.05) is 4.90 Å². The van der Waals surface area contributed by atoms with Crippen LogP contribution in [-0.4, -0.2) is 0 Å². The van der Waals surface area contributed by atoms with Crippen LogP contribution in [-0.2, 0) is 5.41 Å². The van der Waals surface area contributed by atoms with Crippen molar-refractivity contribution in [2.24, 2.45) is 0 Å². The van der Waals surface area contributed by atoms with E-state index < -0.39 is 5.41 Å². The van der Waals surface area contributed by atoms with Gasteiger partial charge in [-0.3, -0.25) is 0 Å². The van der Waals surface area contributed by atoms with Crippen LogP contribution in [0.5, 0.6) is 0 Å². The summed E-state index contributed by atoms with van der Waals surface area (Å²) in [6.45, 7) is 0. The first kappa shape index (κ1) is 32.6.